The quantitative estimate of drug-likeness (QED) is 0.503. The molecule has 4 aromatic rings. The molecule has 1 aliphatic heterocycles. The van der Waals surface area contributed by atoms with Crippen molar-refractivity contribution in [3.05, 3.63) is 111 Å². The molecule has 154 valence electrons. The molecule has 0 aliphatic carbocycles. The fourth-order valence-electron chi connectivity index (χ4n) is 4.22. The second kappa shape index (κ2) is 8.08. The summed E-state index contributed by atoms with van der Waals surface area (Å²) in [6, 6.07) is 25.5. The number of aromatic nitrogens is 1. The van der Waals surface area contributed by atoms with Crippen molar-refractivity contribution in [2.75, 3.05) is 5.75 Å². The van der Waals surface area contributed by atoms with Crippen LogP contribution in [0.3, 0.4) is 0 Å². The first-order valence-electron chi connectivity index (χ1n) is 10.3. The molecule has 5 heteroatoms. The van der Waals surface area contributed by atoms with Crippen molar-refractivity contribution in [3.63, 3.8) is 0 Å². The van der Waals surface area contributed by atoms with Crippen LogP contribution in [0.4, 0.5) is 0 Å². The Morgan fingerprint density at radius 1 is 1.00 bits per heavy atom. The minimum atomic E-state index is -0.342. The van der Waals surface area contributed by atoms with Crippen LogP contribution in [-0.2, 0) is 6.42 Å². The molecular formula is C26H22N2O2S. The summed E-state index contributed by atoms with van der Waals surface area (Å²) in [6.07, 6.45) is 0.364. The number of rotatable bonds is 4. The van der Waals surface area contributed by atoms with Crippen LogP contribution >= 0.6 is 11.8 Å². The lowest BCUT2D eigenvalue weighted by Crippen LogP contribution is -2.37. The lowest BCUT2D eigenvalue weighted by atomic mass is 9.97. The monoisotopic (exact) mass is 426 g/mol. The van der Waals surface area contributed by atoms with Crippen molar-refractivity contribution in [1.29, 1.82) is 0 Å². The standard InChI is InChI=1S/C26H22N2O2S/c1-17-21(14-20-12-7-11-18-8-5-6-13-22(18)20)15-24(29)28-23(16-31-26(17)28)27-25(30)19-9-3-2-4-10-19/h2-13,15,23H,14,16H2,1H3,(H,27,30). The fourth-order valence-corrected chi connectivity index (χ4v) is 5.47. The number of pyridine rings is 1. The molecule has 2 heterocycles. The van der Waals surface area contributed by atoms with Crippen LogP contribution in [0.5, 0.6) is 0 Å². The lowest BCUT2D eigenvalue weighted by Gasteiger charge is -2.18. The van der Waals surface area contributed by atoms with Crippen molar-refractivity contribution in [3.8, 4) is 0 Å². The summed E-state index contributed by atoms with van der Waals surface area (Å²) in [4.78, 5) is 25.7. The summed E-state index contributed by atoms with van der Waals surface area (Å²) >= 11 is 1.63. The number of carbonyl (C=O) groups excluding carboxylic acids is 1. The molecule has 31 heavy (non-hydrogen) atoms. The molecule has 1 aromatic heterocycles. The van der Waals surface area contributed by atoms with E-state index in [4.69, 9.17) is 0 Å². The Morgan fingerprint density at radius 2 is 1.74 bits per heavy atom. The van der Waals surface area contributed by atoms with E-state index in [1.807, 2.05) is 30.3 Å². The van der Waals surface area contributed by atoms with Gasteiger partial charge >= 0.3 is 0 Å². The van der Waals surface area contributed by atoms with Crippen LogP contribution < -0.4 is 10.9 Å². The second-order valence-electron chi connectivity index (χ2n) is 7.79. The summed E-state index contributed by atoms with van der Waals surface area (Å²) in [7, 11) is 0. The van der Waals surface area contributed by atoms with E-state index in [9.17, 15) is 9.59 Å². The zero-order valence-corrected chi connectivity index (χ0v) is 18.0. The zero-order valence-electron chi connectivity index (χ0n) is 17.2. The van der Waals surface area contributed by atoms with Gasteiger partial charge in [0, 0.05) is 17.4 Å². The SMILES string of the molecule is Cc1c(Cc2cccc3ccccc23)cc(=O)n2c1SCC2NC(=O)c1ccccc1. The van der Waals surface area contributed by atoms with Crippen LogP contribution in [0.2, 0.25) is 0 Å². The summed E-state index contributed by atoms with van der Waals surface area (Å²) in [6.45, 7) is 2.07. The first-order chi connectivity index (χ1) is 15.1. The van der Waals surface area contributed by atoms with E-state index in [0.717, 1.165) is 16.2 Å². The molecule has 1 amide bonds. The van der Waals surface area contributed by atoms with Gasteiger partial charge in [-0.2, -0.15) is 0 Å². The van der Waals surface area contributed by atoms with Gasteiger partial charge in [0.1, 0.15) is 6.17 Å². The third kappa shape index (κ3) is 3.66. The lowest BCUT2D eigenvalue weighted by molar-refractivity contribution is 0.0925. The molecule has 4 nitrogen and oxygen atoms in total. The van der Waals surface area contributed by atoms with Gasteiger partial charge in [-0.3, -0.25) is 14.2 Å². The van der Waals surface area contributed by atoms with E-state index in [1.165, 1.54) is 16.3 Å². The normalized spacial score (nSPS) is 15.1. The van der Waals surface area contributed by atoms with Crippen molar-refractivity contribution in [2.24, 2.45) is 0 Å². The van der Waals surface area contributed by atoms with Gasteiger partial charge < -0.3 is 5.32 Å². The van der Waals surface area contributed by atoms with Gasteiger partial charge in [0.25, 0.3) is 11.5 Å². The molecule has 3 aromatic carbocycles. The van der Waals surface area contributed by atoms with Gasteiger partial charge in [0.2, 0.25) is 0 Å². The van der Waals surface area contributed by atoms with Crippen LogP contribution in [0, 0.1) is 6.92 Å². The van der Waals surface area contributed by atoms with Gasteiger partial charge in [-0.05, 0) is 52.9 Å². The third-order valence-electron chi connectivity index (χ3n) is 5.84. The predicted molar refractivity (Wildman–Crippen MR) is 126 cm³/mol. The molecule has 1 atom stereocenters. The van der Waals surface area contributed by atoms with E-state index < -0.39 is 0 Å². The number of nitrogens with one attached hydrogen (secondary N) is 1. The molecule has 0 spiro atoms. The van der Waals surface area contributed by atoms with Gasteiger partial charge in [0.05, 0.1) is 5.03 Å². The van der Waals surface area contributed by atoms with Crippen LogP contribution in [0.15, 0.2) is 88.7 Å². The molecule has 1 N–H and O–H groups in total. The van der Waals surface area contributed by atoms with E-state index in [1.54, 1.807) is 34.5 Å². The molecule has 5 rings (SSSR count). The minimum absolute atomic E-state index is 0.0702. The number of benzene rings is 3. The molecular weight excluding hydrogens is 404 g/mol. The number of fused-ring (bicyclic) bond motifs is 2. The molecule has 0 saturated carbocycles. The predicted octanol–water partition coefficient (Wildman–Crippen LogP) is 4.94. The van der Waals surface area contributed by atoms with E-state index in [-0.39, 0.29) is 17.6 Å². The highest BCUT2D eigenvalue weighted by atomic mass is 32.2. The maximum Gasteiger partial charge on any atom is 0.253 e. The summed E-state index contributed by atoms with van der Waals surface area (Å²) in [5, 5.41) is 6.38. The van der Waals surface area contributed by atoms with Crippen molar-refractivity contribution >= 4 is 28.4 Å². The van der Waals surface area contributed by atoms with Crippen molar-refractivity contribution in [1.82, 2.24) is 9.88 Å². The Kier molecular flexibility index (Phi) is 5.12. The number of hydrogen-bond acceptors (Lipinski definition) is 3. The highest BCUT2D eigenvalue weighted by Gasteiger charge is 2.28. The van der Waals surface area contributed by atoms with E-state index >= 15 is 0 Å². The minimum Gasteiger partial charge on any atom is -0.331 e. The second-order valence-corrected chi connectivity index (χ2v) is 8.80. The van der Waals surface area contributed by atoms with E-state index in [2.05, 4.69) is 42.6 Å². The first kappa shape index (κ1) is 19.6. The molecule has 1 unspecified atom stereocenters. The topological polar surface area (TPSA) is 51.1 Å². The summed E-state index contributed by atoms with van der Waals surface area (Å²) < 4.78 is 1.73. The fraction of sp³-hybridized carbons (Fsp3) is 0.154. The Hall–Kier alpha value is -3.31. The van der Waals surface area contributed by atoms with Gasteiger partial charge in [-0.15, -0.1) is 11.8 Å². The molecule has 0 bridgehead atoms. The van der Waals surface area contributed by atoms with Crippen molar-refractivity contribution < 1.29 is 4.79 Å². The smallest absolute Gasteiger partial charge is 0.253 e. The Bertz CT molecular complexity index is 1340. The Labute approximate surface area is 184 Å². The Morgan fingerprint density at radius 3 is 2.58 bits per heavy atom. The Balaban J connectivity index is 1.46. The maximum atomic E-state index is 13.1. The zero-order chi connectivity index (χ0) is 21.4. The number of hydrogen-bond donors (Lipinski definition) is 1. The molecule has 0 radical (unpaired) electrons. The van der Waals surface area contributed by atoms with Crippen LogP contribution in [0.1, 0.15) is 33.2 Å². The number of carbonyl (C=O) groups is 1. The van der Waals surface area contributed by atoms with Gasteiger partial charge in [-0.1, -0.05) is 60.7 Å². The average molecular weight is 427 g/mol. The average Bonchev–Trinajstić information content (AvgIpc) is 3.22. The highest BCUT2D eigenvalue weighted by molar-refractivity contribution is 7.99. The van der Waals surface area contributed by atoms with E-state index in [0.29, 0.717) is 17.7 Å². The van der Waals surface area contributed by atoms with Crippen LogP contribution in [0.25, 0.3) is 10.8 Å². The van der Waals surface area contributed by atoms with Gasteiger partial charge in [-0.25, -0.2) is 0 Å². The summed E-state index contributed by atoms with van der Waals surface area (Å²) in [5.74, 6) is 0.482. The summed E-state index contributed by atoms with van der Waals surface area (Å²) in [5.41, 5.74) is 3.88. The molecule has 0 fully saturated rings. The largest absolute Gasteiger partial charge is 0.331 e. The number of nitrogens with zero attached hydrogens (tertiary/aromatic N) is 1. The van der Waals surface area contributed by atoms with Gasteiger partial charge in [0.15, 0.2) is 0 Å². The third-order valence-corrected chi connectivity index (χ3v) is 7.10. The maximum absolute atomic E-state index is 13.1. The highest BCUT2D eigenvalue weighted by Crippen LogP contribution is 2.35. The molecule has 0 saturated heterocycles. The number of amides is 1. The molecule has 1 aliphatic rings. The number of thioether (sulfide) groups is 1. The first-order valence-corrected chi connectivity index (χ1v) is 11.3. The van der Waals surface area contributed by atoms with Crippen molar-refractivity contribution in [2.45, 2.75) is 24.5 Å². The van der Waals surface area contributed by atoms with Crippen LogP contribution in [-0.4, -0.2) is 16.2 Å².